The average Bonchev–Trinajstić information content (AvgIpc) is 2.88. The number of amides is 2. The molecule has 0 saturated carbocycles. The maximum atomic E-state index is 12.2. The van der Waals surface area contributed by atoms with Crippen LogP contribution in [0.15, 0.2) is 41.0 Å². The molecule has 0 saturated heterocycles. The third-order valence-corrected chi connectivity index (χ3v) is 3.69. The molecule has 0 aliphatic carbocycles. The Balaban J connectivity index is 1.94. The van der Waals surface area contributed by atoms with Crippen molar-refractivity contribution in [2.24, 2.45) is 0 Å². The van der Waals surface area contributed by atoms with E-state index in [9.17, 15) is 19.2 Å². The van der Waals surface area contributed by atoms with Crippen molar-refractivity contribution in [3.8, 4) is 0 Å². The smallest absolute Gasteiger partial charge is 0.341 e. The van der Waals surface area contributed by atoms with Crippen LogP contribution in [0.2, 0.25) is 0 Å². The Morgan fingerprint density at radius 2 is 2.04 bits per heavy atom. The predicted molar refractivity (Wildman–Crippen MR) is 85.6 cm³/mol. The molecule has 24 heavy (non-hydrogen) atoms. The van der Waals surface area contributed by atoms with E-state index in [1.807, 2.05) is 0 Å². The number of carboxylic acid groups (broad SMARTS) is 1. The fourth-order valence-corrected chi connectivity index (χ4v) is 2.50. The first-order valence-electron chi connectivity index (χ1n) is 7.05. The van der Waals surface area contributed by atoms with E-state index in [1.54, 1.807) is 12.1 Å². The summed E-state index contributed by atoms with van der Waals surface area (Å²) in [6, 6.07) is 4.81. The molecule has 0 bridgehead atoms. The van der Waals surface area contributed by atoms with Crippen LogP contribution in [0.3, 0.4) is 0 Å². The lowest BCUT2D eigenvalue weighted by atomic mass is 10.1. The molecule has 8 nitrogen and oxygen atoms in total. The first-order valence-corrected chi connectivity index (χ1v) is 7.05. The van der Waals surface area contributed by atoms with E-state index >= 15 is 0 Å². The van der Waals surface area contributed by atoms with Gasteiger partial charge in [-0.2, -0.15) is 0 Å². The van der Waals surface area contributed by atoms with Crippen LogP contribution < -0.4 is 10.7 Å². The van der Waals surface area contributed by atoms with Crippen molar-refractivity contribution in [1.29, 1.82) is 0 Å². The quantitative estimate of drug-likeness (QED) is 0.771. The molecule has 3 rings (SSSR count). The minimum Gasteiger partial charge on any atom is -0.477 e. The third kappa shape index (κ3) is 2.65. The lowest BCUT2D eigenvalue weighted by molar-refractivity contribution is -0.138. The summed E-state index contributed by atoms with van der Waals surface area (Å²) in [6.07, 6.45) is 2.46. The van der Waals surface area contributed by atoms with Gasteiger partial charge < -0.3 is 15.4 Å². The van der Waals surface area contributed by atoms with Crippen LogP contribution in [0.4, 0.5) is 5.69 Å². The second-order valence-electron chi connectivity index (χ2n) is 5.33. The largest absolute Gasteiger partial charge is 0.477 e. The number of nitrogens with one attached hydrogen (secondary N) is 2. The van der Waals surface area contributed by atoms with E-state index in [0.29, 0.717) is 16.9 Å². The molecule has 3 N–H and O–H groups in total. The molecule has 2 aromatic rings. The first-order chi connectivity index (χ1) is 11.4. The van der Waals surface area contributed by atoms with Crippen LogP contribution in [0.5, 0.6) is 0 Å². The van der Waals surface area contributed by atoms with Gasteiger partial charge in [-0.3, -0.25) is 19.3 Å². The highest BCUT2D eigenvalue weighted by molar-refractivity contribution is 6.03. The van der Waals surface area contributed by atoms with Gasteiger partial charge >= 0.3 is 5.97 Å². The van der Waals surface area contributed by atoms with Gasteiger partial charge in [-0.1, -0.05) is 0 Å². The molecule has 1 aliphatic heterocycles. The molecule has 8 heteroatoms. The molecule has 2 amide bonds. The molecule has 2 heterocycles. The number of benzene rings is 1. The fraction of sp³-hybridized carbons (Fsp3) is 0.125. The van der Waals surface area contributed by atoms with E-state index in [0.717, 1.165) is 11.1 Å². The van der Waals surface area contributed by atoms with Crippen molar-refractivity contribution < 1.29 is 19.5 Å². The Morgan fingerprint density at radius 1 is 1.29 bits per heavy atom. The molecule has 0 spiro atoms. The molecule has 1 aromatic carbocycles. The van der Waals surface area contributed by atoms with Crippen LogP contribution in [0.25, 0.3) is 10.9 Å². The lowest BCUT2D eigenvalue weighted by Crippen LogP contribution is -2.31. The van der Waals surface area contributed by atoms with Gasteiger partial charge in [0.2, 0.25) is 11.3 Å². The molecule has 1 aliphatic rings. The molecule has 1 aromatic heterocycles. The number of fused-ring (bicyclic) bond motifs is 1. The number of pyridine rings is 1. The number of carboxylic acids is 1. The third-order valence-electron chi connectivity index (χ3n) is 3.69. The molecule has 0 radical (unpaired) electrons. The number of carbonyl (C=O) groups is 3. The van der Waals surface area contributed by atoms with Gasteiger partial charge in [0.05, 0.1) is 6.54 Å². The number of hydrogen-bond acceptors (Lipinski definition) is 5. The van der Waals surface area contributed by atoms with Crippen molar-refractivity contribution in [1.82, 2.24) is 9.88 Å². The number of rotatable bonds is 3. The van der Waals surface area contributed by atoms with E-state index in [2.05, 4.69) is 10.3 Å². The number of anilines is 1. The summed E-state index contributed by atoms with van der Waals surface area (Å²) in [5.41, 5.74) is 0.581. The highest BCUT2D eigenvalue weighted by Gasteiger charge is 2.24. The van der Waals surface area contributed by atoms with Crippen LogP contribution in [0, 0.1) is 0 Å². The van der Waals surface area contributed by atoms with Gasteiger partial charge in [0.1, 0.15) is 5.56 Å². The number of H-pyrrole nitrogens is 1. The van der Waals surface area contributed by atoms with E-state index in [-0.39, 0.29) is 23.4 Å². The number of hydrogen-bond donors (Lipinski definition) is 3. The van der Waals surface area contributed by atoms with Gasteiger partial charge in [0.15, 0.2) is 0 Å². The number of aromatic nitrogens is 1. The minimum absolute atomic E-state index is 0.123. The Morgan fingerprint density at radius 3 is 2.67 bits per heavy atom. The second-order valence-corrected chi connectivity index (χ2v) is 5.33. The highest BCUT2D eigenvalue weighted by atomic mass is 16.4. The Labute approximate surface area is 135 Å². The van der Waals surface area contributed by atoms with Crippen molar-refractivity contribution in [3.63, 3.8) is 0 Å². The van der Waals surface area contributed by atoms with Crippen LogP contribution in [-0.2, 0) is 9.59 Å². The fourth-order valence-electron chi connectivity index (χ4n) is 2.50. The summed E-state index contributed by atoms with van der Waals surface area (Å²) in [7, 11) is 0. The average molecular weight is 327 g/mol. The summed E-state index contributed by atoms with van der Waals surface area (Å²) < 4.78 is 0. The minimum atomic E-state index is -1.31. The monoisotopic (exact) mass is 327 g/mol. The lowest BCUT2D eigenvalue weighted by Gasteiger charge is -2.13. The maximum absolute atomic E-state index is 12.2. The zero-order chi connectivity index (χ0) is 17.4. The summed E-state index contributed by atoms with van der Waals surface area (Å²) in [5, 5.41) is 12.2. The SMILES string of the molecule is CC(=O)N1CC(Nc2ccc3[nH]cc(C(=O)O)c(=O)c3c2)=CC1=O. The van der Waals surface area contributed by atoms with Crippen LogP contribution >= 0.6 is 0 Å². The molecular formula is C16H13N3O5. The number of imide groups is 1. The van der Waals surface area contributed by atoms with Gasteiger partial charge in [-0.05, 0) is 18.2 Å². The Bertz CT molecular complexity index is 973. The molecule has 0 atom stereocenters. The summed E-state index contributed by atoms with van der Waals surface area (Å²) >= 11 is 0. The van der Waals surface area contributed by atoms with E-state index < -0.39 is 17.3 Å². The number of nitrogens with zero attached hydrogens (tertiary/aromatic N) is 1. The van der Waals surface area contributed by atoms with E-state index in [4.69, 9.17) is 5.11 Å². The van der Waals surface area contributed by atoms with Gasteiger partial charge in [0.25, 0.3) is 5.91 Å². The molecule has 0 fully saturated rings. The summed E-state index contributed by atoms with van der Waals surface area (Å²) in [6.45, 7) is 1.43. The van der Waals surface area contributed by atoms with E-state index in [1.165, 1.54) is 19.1 Å². The van der Waals surface area contributed by atoms with Crippen molar-refractivity contribution >= 4 is 34.4 Å². The zero-order valence-corrected chi connectivity index (χ0v) is 12.6. The zero-order valence-electron chi connectivity index (χ0n) is 12.6. The summed E-state index contributed by atoms with van der Waals surface area (Å²) in [4.78, 5) is 50.1. The summed E-state index contributed by atoms with van der Waals surface area (Å²) in [5.74, 6) is -2.07. The highest BCUT2D eigenvalue weighted by Crippen LogP contribution is 2.19. The molecule has 0 unspecified atom stereocenters. The van der Waals surface area contributed by atoms with Gasteiger partial charge in [0, 0.05) is 41.5 Å². The number of aromatic carboxylic acids is 1. The first kappa shape index (κ1) is 15.5. The van der Waals surface area contributed by atoms with Crippen LogP contribution in [0.1, 0.15) is 17.3 Å². The van der Waals surface area contributed by atoms with Crippen molar-refractivity contribution in [3.05, 3.63) is 52.0 Å². The number of aromatic amines is 1. The second kappa shape index (κ2) is 5.65. The van der Waals surface area contributed by atoms with Gasteiger partial charge in [-0.25, -0.2) is 4.79 Å². The van der Waals surface area contributed by atoms with Crippen molar-refractivity contribution in [2.75, 3.05) is 11.9 Å². The topological polar surface area (TPSA) is 120 Å². The van der Waals surface area contributed by atoms with Gasteiger partial charge in [-0.15, -0.1) is 0 Å². The maximum Gasteiger partial charge on any atom is 0.341 e. The number of carbonyl (C=O) groups excluding carboxylic acids is 2. The van der Waals surface area contributed by atoms with Crippen molar-refractivity contribution in [2.45, 2.75) is 6.92 Å². The Hall–Kier alpha value is -3.42. The Kier molecular flexibility index (Phi) is 3.64. The molecular weight excluding hydrogens is 314 g/mol. The molecule has 122 valence electrons. The van der Waals surface area contributed by atoms with Crippen LogP contribution in [-0.4, -0.2) is 39.3 Å². The standard InChI is InChI=1S/C16H13N3O5/c1-8(20)19-7-10(5-14(19)21)18-9-2-3-13-11(4-9)15(22)12(6-17-13)16(23)24/h2-6,18H,7H2,1H3,(H,17,22)(H,23,24). The normalized spacial score (nSPS) is 14.0. The predicted octanol–water partition coefficient (Wildman–Crippen LogP) is 0.911.